The molecule has 4 N–H and O–H groups in total. The molecule has 0 aliphatic rings. The van der Waals surface area contributed by atoms with Crippen molar-refractivity contribution in [3.05, 3.63) is 60.7 Å². The van der Waals surface area contributed by atoms with Crippen molar-refractivity contribution in [2.45, 2.75) is 26.3 Å². The van der Waals surface area contributed by atoms with Crippen LogP contribution >= 0.6 is 11.3 Å². The van der Waals surface area contributed by atoms with E-state index in [-0.39, 0.29) is 30.1 Å². The lowest BCUT2D eigenvalue weighted by Crippen LogP contribution is -2.46. The lowest BCUT2D eigenvalue weighted by molar-refractivity contribution is -0.125. The van der Waals surface area contributed by atoms with Crippen LogP contribution < -0.4 is 16.4 Å². The third-order valence-corrected chi connectivity index (χ3v) is 5.72. The van der Waals surface area contributed by atoms with Crippen molar-refractivity contribution in [1.82, 2.24) is 10.3 Å². The number of anilines is 1. The second-order valence-electron chi connectivity index (χ2n) is 7.54. The first-order valence-electron chi connectivity index (χ1n) is 9.97. The van der Waals surface area contributed by atoms with Crippen molar-refractivity contribution in [3.8, 4) is 21.6 Å². The number of rotatable bonds is 8. The molecule has 162 valence electrons. The van der Waals surface area contributed by atoms with E-state index in [1.807, 2.05) is 32.0 Å². The van der Waals surface area contributed by atoms with Gasteiger partial charge in [0.2, 0.25) is 11.8 Å². The first-order valence-corrected chi connectivity index (χ1v) is 10.8. The summed E-state index contributed by atoms with van der Waals surface area (Å²) in [5.41, 5.74) is 8.04. The summed E-state index contributed by atoms with van der Waals surface area (Å²) >= 11 is 1.41. The number of aromatic nitrogens is 1. The van der Waals surface area contributed by atoms with E-state index in [1.54, 1.807) is 24.5 Å². The number of pyridine rings is 1. The number of halogens is 1. The minimum atomic E-state index is -0.684. The van der Waals surface area contributed by atoms with E-state index in [9.17, 15) is 14.0 Å². The SMILES string of the molecule is CC(C)C[C@H](NC(=O)CN)C(=O)Nc1cc(-c2ccc(F)cc2)c(-c2ccncc2)s1. The Morgan fingerprint density at radius 3 is 2.39 bits per heavy atom. The van der Waals surface area contributed by atoms with Gasteiger partial charge in [0.1, 0.15) is 11.9 Å². The largest absolute Gasteiger partial charge is 0.343 e. The van der Waals surface area contributed by atoms with Gasteiger partial charge in [-0.2, -0.15) is 0 Å². The van der Waals surface area contributed by atoms with Crippen molar-refractivity contribution < 1.29 is 14.0 Å². The fourth-order valence-corrected chi connectivity index (χ4v) is 4.27. The molecule has 2 amide bonds. The zero-order valence-corrected chi connectivity index (χ0v) is 18.2. The van der Waals surface area contributed by atoms with Gasteiger partial charge in [-0.3, -0.25) is 14.6 Å². The molecule has 0 saturated heterocycles. The molecule has 2 heterocycles. The van der Waals surface area contributed by atoms with E-state index in [0.717, 1.165) is 21.6 Å². The number of thiophene rings is 1. The van der Waals surface area contributed by atoms with Gasteiger partial charge in [-0.25, -0.2) is 4.39 Å². The molecule has 8 heteroatoms. The number of hydrogen-bond donors (Lipinski definition) is 3. The van der Waals surface area contributed by atoms with Gasteiger partial charge in [0, 0.05) is 22.8 Å². The van der Waals surface area contributed by atoms with Crippen LogP contribution in [0.3, 0.4) is 0 Å². The molecule has 0 saturated carbocycles. The number of benzene rings is 1. The fraction of sp³-hybridized carbons (Fsp3) is 0.261. The van der Waals surface area contributed by atoms with Crippen molar-refractivity contribution in [3.63, 3.8) is 0 Å². The summed E-state index contributed by atoms with van der Waals surface area (Å²) < 4.78 is 13.4. The molecule has 0 aliphatic heterocycles. The van der Waals surface area contributed by atoms with Gasteiger partial charge in [0.05, 0.1) is 11.5 Å². The normalized spacial score (nSPS) is 11.9. The number of hydrogen-bond acceptors (Lipinski definition) is 5. The molecular weight excluding hydrogens is 415 g/mol. The first-order chi connectivity index (χ1) is 14.9. The van der Waals surface area contributed by atoms with Crippen LogP contribution in [-0.2, 0) is 9.59 Å². The average Bonchev–Trinajstić information content (AvgIpc) is 3.17. The molecule has 1 atom stereocenters. The third-order valence-electron chi connectivity index (χ3n) is 4.62. The Morgan fingerprint density at radius 1 is 1.10 bits per heavy atom. The quantitative estimate of drug-likeness (QED) is 0.492. The van der Waals surface area contributed by atoms with Crippen molar-refractivity contribution in [1.29, 1.82) is 0 Å². The topological polar surface area (TPSA) is 97.1 Å². The number of carbonyl (C=O) groups excluding carboxylic acids is 2. The van der Waals surface area contributed by atoms with Crippen LogP contribution in [0.4, 0.5) is 9.39 Å². The predicted octanol–water partition coefficient (Wildman–Crippen LogP) is 4.04. The molecule has 3 rings (SSSR count). The molecule has 0 bridgehead atoms. The standard InChI is InChI=1S/C23H25FN4O2S/c1-14(2)11-19(27-20(29)13-25)23(30)28-21-12-18(15-3-5-17(24)6-4-15)22(31-21)16-7-9-26-10-8-16/h3-10,12,14,19H,11,13,25H2,1-2H3,(H,27,29)(H,28,30)/t19-/m0/s1. The fourth-order valence-electron chi connectivity index (χ4n) is 3.18. The maximum Gasteiger partial charge on any atom is 0.247 e. The molecule has 0 aliphatic carbocycles. The van der Waals surface area contributed by atoms with E-state index >= 15 is 0 Å². The van der Waals surface area contributed by atoms with Gasteiger partial charge in [-0.15, -0.1) is 11.3 Å². The highest BCUT2D eigenvalue weighted by Crippen LogP contribution is 2.41. The zero-order valence-electron chi connectivity index (χ0n) is 17.4. The summed E-state index contributed by atoms with van der Waals surface area (Å²) in [6.07, 6.45) is 3.89. The lowest BCUT2D eigenvalue weighted by Gasteiger charge is -2.19. The molecule has 0 fully saturated rings. The minimum absolute atomic E-state index is 0.179. The Morgan fingerprint density at radius 2 is 1.77 bits per heavy atom. The molecule has 31 heavy (non-hydrogen) atoms. The Hall–Kier alpha value is -3.10. The van der Waals surface area contributed by atoms with E-state index in [1.165, 1.54) is 23.5 Å². The summed E-state index contributed by atoms with van der Waals surface area (Å²) in [6.45, 7) is 3.78. The number of nitrogens with one attached hydrogen (secondary N) is 2. The van der Waals surface area contributed by atoms with Crippen LogP contribution in [-0.4, -0.2) is 29.4 Å². The van der Waals surface area contributed by atoms with Gasteiger partial charge in [0.25, 0.3) is 0 Å². The highest BCUT2D eigenvalue weighted by atomic mass is 32.1. The number of amides is 2. The summed E-state index contributed by atoms with van der Waals surface area (Å²) in [6, 6.07) is 11.2. The summed E-state index contributed by atoms with van der Waals surface area (Å²) in [5, 5.41) is 6.24. The van der Waals surface area contributed by atoms with Crippen molar-refractivity contribution in [2.75, 3.05) is 11.9 Å². The van der Waals surface area contributed by atoms with Crippen LogP contribution in [0.5, 0.6) is 0 Å². The van der Waals surface area contributed by atoms with E-state index in [2.05, 4.69) is 15.6 Å². The number of carbonyl (C=O) groups is 2. The van der Waals surface area contributed by atoms with Gasteiger partial charge in [-0.05, 0) is 53.8 Å². The second kappa shape index (κ2) is 10.3. The van der Waals surface area contributed by atoms with E-state index in [0.29, 0.717) is 11.4 Å². The predicted molar refractivity (Wildman–Crippen MR) is 122 cm³/mol. The van der Waals surface area contributed by atoms with Crippen LogP contribution in [0.1, 0.15) is 20.3 Å². The zero-order chi connectivity index (χ0) is 22.4. The molecule has 1 aromatic carbocycles. The van der Waals surface area contributed by atoms with Crippen molar-refractivity contribution >= 4 is 28.2 Å². The monoisotopic (exact) mass is 440 g/mol. The molecule has 0 unspecified atom stereocenters. The Balaban J connectivity index is 1.93. The summed E-state index contributed by atoms with van der Waals surface area (Å²) in [4.78, 5) is 29.7. The van der Waals surface area contributed by atoms with Gasteiger partial charge >= 0.3 is 0 Å². The van der Waals surface area contributed by atoms with Gasteiger partial charge in [0.15, 0.2) is 0 Å². The Bertz CT molecular complexity index is 1040. The minimum Gasteiger partial charge on any atom is -0.343 e. The summed E-state index contributed by atoms with van der Waals surface area (Å²) in [7, 11) is 0. The smallest absolute Gasteiger partial charge is 0.247 e. The Labute approximate surface area is 184 Å². The van der Waals surface area contributed by atoms with Gasteiger partial charge < -0.3 is 16.4 Å². The van der Waals surface area contributed by atoms with Crippen LogP contribution in [0.25, 0.3) is 21.6 Å². The highest BCUT2D eigenvalue weighted by molar-refractivity contribution is 7.20. The lowest BCUT2D eigenvalue weighted by atomic mass is 10.0. The molecule has 0 radical (unpaired) electrons. The molecule has 2 aromatic heterocycles. The Kier molecular flexibility index (Phi) is 7.49. The maximum atomic E-state index is 13.4. The summed E-state index contributed by atoms with van der Waals surface area (Å²) in [5.74, 6) is -0.787. The van der Waals surface area contributed by atoms with Crippen molar-refractivity contribution in [2.24, 2.45) is 11.7 Å². The maximum absolute atomic E-state index is 13.4. The molecule has 0 spiro atoms. The number of nitrogens with zero attached hydrogens (tertiary/aromatic N) is 1. The molecule has 3 aromatic rings. The third kappa shape index (κ3) is 5.96. The van der Waals surface area contributed by atoms with Crippen LogP contribution in [0, 0.1) is 11.7 Å². The van der Waals surface area contributed by atoms with E-state index in [4.69, 9.17) is 5.73 Å². The highest BCUT2D eigenvalue weighted by Gasteiger charge is 2.23. The average molecular weight is 441 g/mol. The first kappa shape index (κ1) is 22.6. The molecular formula is C23H25FN4O2S. The number of nitrogens with two attached hydrogens (primary N) is 1. The van der Waals surface area contributed by atoms with Crippen LogP contribution in [0.2, 0.25) is 0 Å². The van der Waals surface area contributed by atoms with E-state index < -0.39 is 6.04 Å². The van der Waals surface area contributed by atoms with Gasteiger partial charge in [-0.1, -0.05) is 26.0 Å². The second-order valence-corrected chi connectivity index (χ2v) is 8.59. The molecule has 6 nitrogen and oxygen atoms in total. The van der Waals surface area contributed by atoms with Crippen LogP contribution in [0.15, 0.2) is 54.9 Å².